The molecular formula is C23H28BrN5O3S. The molecule has 3 rings (SSSR count). The van der Waals surface area contributed by atoms with Gasteiger partial charge in [-0.2, -0.15) is 4.98 Å². The van der Waals surface area contributed by atoms with E-state index in [0.29, 0.717) is 27.5 Å². The number of anilines is 3. The van der Waals surface area contributed by atoms with E-state index in [1.807, 2.05) is 38.1 Å². The van der Waals surface area contributed by atoms with Crippen molar-refractivity contribution in [2.45, 2.75) is 44.7 Å². The van der Waals surface area contributed by atoms with Crippen LogP contribution in [0.15, 0.2) is 58.0 Å². The highest BCUT2D eigenvalue weighted by Crippen LogP contribution is 2.25. The minimum atomic E-state index is -3.73. The summed E-state index contributed by atoms with van der Waals surface area (Å²) in [4.78, 5) is 8.88. The Bertz CT molecular complexity index is 1200. The summed E-state index contributed by atoms with van der Waals surface area (Å²) in [6.07, 6.45) is 2.32. The van der Waals surface area contributed by atoms with Crippen molar-refractivity contribution in [2.75, 3.05) is 17.2 Å². The standard InChI is InChI=1S/C23H28BrN5O3S/c1-4-18(14-30)27-22-20(24)13-25-23(29-22)28-19-10-7-16(3)21(11-19)33(31,32)26-12-17-8-5-15(2)6-9-17/h5-11,13,18,26,30H,4,12,14H2,1-3H3,(H2,25,27,28,29)/t18-/m1/s1. The predicted molar refractivity (Wildman–Crippen MR) is 134 cm³/mol. The number of aromatic nitrogens is 2. The van der Waals surface area contributed by atoms with Crippen molar-refractivity contribution in [3.05, 3.63) is 69.8 Å². The van der Waals surface area contributed by atoms with Crippen LogP contribution in [0.5, 0.6) is 0 Å². The van der Waals surface area contributed by atoms with E-state index in [1.54, 1.807) is 31.3 Å². The summed E-state index contributed by atoms with van der Waals surface area (Å²) in [5, 5.41) is 15.7. The lowest BCUT2D eigenvalue weighted by Gasteiger charge is -2.17. The second-order valence-electron chi connectivity index (χ2n) is 7.74. The second kappa shape index (κ2) is 11.1. The van der Waals surface area contributed by atoms with Gasteiger partial charge in [0, 0.05) is 18.4 Å². The first kappa shape index (κ1) is 25.1. The lowest BCUT2D eigenvalue weighted by atomic mass is 10.2. The fourth-order valence-electron chi connectivity index (χ4n) is 3.06. The molecule has 0 aliphatic rings. The van der Waals surface area contributed by atoms with Crippen LogP contribution in [0, 0.1) is 13.8 Å². The van der Waals surface area contributed by atoms with E-state index in [9.17, 15) is 13.5 Å². The minimum Gasteiger partial charge on any atom is -0.394 e. The van der Waals surface area contributed by atoms with Crippen LogP contribution in [-0.2, 0) is 16.6 Å². The second-order valence-corrected chi connectivity index (χ2v) is 10.3. The molecule has 8 nitrogen and oxygen atoms in total. The summed E-state index contributed by atoms with van der Waals surface area (Å²) in [6.45, 7) is 5.88. The van der Waals surface area contributed by atoms with Crippen molar-refractivity contribution in [2.24, 2.45) is 0 Å². The normalized spacial score (nSPS) is 12.4. The summed E-state index contributed by atoms with van der Waals surface area (Å²) in [5.74, 6) is 0.835. The van der Waals surface area contributed by atoms with Gasteiger partial charge >= 0.3 is 0 Å². The average Bonchev–Trinajstić information content (AvgIpc) is 2.80. The number of aryl methyl sites for hydroxylation is 2. The van der Waals surface area contributed by atoms with E-state index in [1.165, 1.54) is 0 Å². The Labute approximate surface area is 203 Å². The van der Waals surface area contributed by atoms with E-state index in [-0.39, 0.29) is 24.1 Å². The summed E-state index contributed by atoms with van der Waals surface area (Å²) in [5.41, 5.74) is 3.17. The number of aliphatic hydroxyl groups is 1. The molecule has 0 amide bonds. The molecule has 1 atom stereocenters. The van der Waals surface area contributed by atoms with Gasteiger partial charge < -0.3 is 15.7 Å². The number of aliphatic hydroxyl groups excluding tert-OH is 1. The monoisotopic (exact) mass is 533 g/mol. The van der Waals surface area contributed by atoms with Crippen LogP contribution in [-0.4, -0.2) is 36.1 Å². The number of hydrogen-bond donors (Lipinski definition) is 4. The molecular weight excluding hydrogens is 506 g/mol. The molecule has 0 saturated carbocycles. The number of halogens is 1. The Morgan fingerprint density at radius 2 is 1.85 bits per heavy atom. The van der Waals surface area contributed by atoms with Gasteiger partial charge in [0.05, 0.1) is 22.0 Å². The van der Waals surface area contributed by atoms with Gasteiger partial charge in [-0.15, -0.1) is 0 Å². The number of sulfonamides is 1. The van der Waals surface area contributed by atoms with E-state index in [2.05, 4.69) is 41.3 Å². The maximum Gasteiger partial charge on any atom is 0.241 e. The fraction of sp³-hybridized carbons (Fsp3) is 0.304. The largest absolute Gasteiger partial charge is 0.394 e. The Morgan fingerprint density at radius 1 is 1.12 bits per heavy atom. The van der Waals surface area contributed by atoms with E-state index < -0.39 is 10.0 Å². The van der Waals surface area contributed by atoms with Crippen molar-refractivity contribution < 1.29 is 13.5 Å². The molecule has 4 N–H and O–H groups in total. The third-order valence-electron chi connectivity index (χ3n) is 5.12. The van der Waals surface area contributed by atoms with Crippen LogP contribution in [0.1, 0.15) is 30.0 Å². The highest BCUT2D eigenvalue weighted by atomic mass is 79.9. The minimum absolute atomic E-state index is 0.0233. The van der Waals surface area contributed by atoms with Crippen molar-refractivity contribution in [1.29, 1.82) is 0 Å². The van der Waals surface area contributed by atoms with Crippen LogP contribution < -0.4 is 15.4 Å². The molecule has 0 bridgehead atoms. The quantitative estimate of drug-likeness (QED) is 0.307. The molecule has 0 saturated heterocycles. The maximum atomic E-state index is 13.0. The molecule has 10 heteroatoms. The first-order valence-corrected chi connectivity index (χ1v) is 12.8. The summed E-state index contributed by atoms with van der Waals surface area (Å²) in [7, 11) is -3.73. The molecule has 3 aromatic rings. The highest BCUT2D eigenvalue weighted by Gasteiger charge is 2.18. The number of benzene rings is 2. The molecule has 1 aromatic heterocycles. The Kier molecular flexibility index (Phi) is 8.41. The number of nitrogens with zero attached hydrogens (tertiary/aromatic N) is 2. The summed E-state index contributed by atoms with van der Waals surface area (Å²) in [6, 6.07) is 12.6. The van der Waals surface area contributed by atoms with Crippen LogP contribution in [0.25, 0.3) is 0 Å². The molecule has 1 heterocycles. The molecule has 2 aromatic carbocycles. The molecule has 33 heavy (non-hydrogen) atoms. The zero-order valence-electron chi connectivity index (χ0n) is 18.8. The van der Waals surface area contributed by atoms with E-state index in [4.69, 9.17) is 0 Å². The number of rotatable bonds is 10. The topological polar surface area (TPSA) is 116 Å². The molecule has 0 aliphatic heterocycles. The van der Waals surface area contributed by atoms with Crippen LogP contribution in [0.4, 0.5) is 17.5 Å². The SMILES string of the molecule is CC[C@H](CO)Nc1nc(Nc2ccc(C)c(S(=O)(=O)NCc3ccc(C)cc3)c2)ncc1Br. The molecule has 0 radical (unpaired) electrons. The molecule has 176 valence electrons. The third kappa shape index (κ3) is 6.73. The Hall–Kier alpha value is -2.53. The van der Waals surface area contributed by atoms with Gasteiger partial charge in [-0.25, -0.2) is 18.1 Å². The molecule has 0 unspecified atom stereocenters. The Balaban J connectivity index is 1.79. The zero-order chi connectivity index (χ0) is 24.0. The van der Waals surface area contributed by atoms with Crippen molar-refractivity contribution in [3.8, 4) is 0 Å². The number of nitrogens with one attached hydrogen (secondary N) is 3. The van der Waals surface area contributed by atoms with E-state index in [0.717, 1.165) is 17.5 Å². The maximum absolute atomic E-state index is 13.0. The van der Waals surface area contributed by atoms with Crippen molar-refractivity contribution in [1.82, 2.24) is 14.7 Å². The predicted octanol–water partition coefficient (Wildman–Crippen LogP) is 4.26. The van der Waals surface area contributed by atoms with Crippen molar-refractivity contribution >= 4 is 43.4 Å². The van der Waals surface area contributed by atoms with Crippen LogP contribution in [0.3, 0.4) is 0 Å². The van der Waals surface area contributed by atoms with Gasteiger partial charge in [-0.3, -0.25) is 0 Å². The first-order chi connectivity index (χ1) is 15.7. The van der Waals surface area contributed by atoms with Gasteiger partial charge in [-0.05, 0) is 59.5 Å². The van der Waals surface area contributed by atoms with Crippen LogP contribution in [0.2, 0.25) is 0 Å². The van der Waals surface area contributed by atoms with Crippen molar-refractivity contribution in [3.63, 3.8) is 0 Å². The van der Waals surface area contributed by atoms with Gasteiger partial charge in [-0.1, -0.05) is 42.8 Å². The fourth-order valence-corrected chi connectivity index (χ4v) is 4.65. The van der Waals surface area contributed by atoms with Gasteiger partial charge in [0.25, 0.3) is 0 Å². The first-order valence-electron chi connectivity index (χ1n) is 10.5. The van der Waals surface area contributed by atoms with E-state index >= 15 is 0 Å². The smallest absolute Gasteiger partial charge is 0.241 e. The average molecular weight is 534 g/mol. The highest BCUT2D eigenvalue weighted by molar-refractivity contribution is 9.10. The third-order valence-corrected chi connectivity index (χ3v) is 7.24. The molecule has 0 aliphatic carbocycles. The van der Waals surface area contributed by atoms with Gasteiger partial charge in [0.2, 0.25) is 16.0 Å². The lowest BCUT2D eigenvalue weighted by molar-refractivity contribution is 0.271. The zero-order valence-corrected chi connectivity index (χ0v) is 21.2. The summed E-state index contributed by atoms with van der Waals surface area (Å²) < 4.78 is 29.3. The van der Waals surface area contributed by atoms with Gasteiger partial charge in [0.15, 0.2) is 0 Å². The number of hydrogen-bond acceptors (Lipinski definition) is 7. The van der Waals surface area contributed by atoms with Crippen LogP contribution >= 0.6 is 15.9 Å². The summed E-state index contributed by atoms with van der Waals surface area (Å²) >= 11 is 3.41. The van der Waals surface area contributed by atoms with Gasteiger partial charge in [0.1, 0.15) is 5.82 Å². The molecule has 0 fully saturated rings. The lowest BCUT2D eigenvalue weighted by Crippen LogP contribution is -2.24. The Morgan fingerprint density at radius 3 is 2.52 bits per heavy atom. The molecule has 0 spiro atoms.